The first-order chi connectivity index (χ1) is 8.08. The number of carbonyl (C=O) groups excluding carboxylic acids is 1. The summed E-state index contributed by atoms with van der Waals surface area (Å²) < 4.78 is 0. The van der Waals surface area contributed by atoms with Gasteiger partial charge >= 0.3 is 0 Å². The number of hydrogen-bond acceptors (Lipinski definition) is 3. The molecule has 1 N–H and O–H groups in total. The molecule has 0 fully saturated rings. The fraction of sp³-hybridized carbons (Fsp3) is 0.538. The molecule has 17 heavy (non-hydrogen) atoms. The highest BCUT2D eigenvalue weighted by molar-refractivity contribution is 5.91. The van der Waals surface area contributed by atoms with Crippen molar-refractivity contribution in [2.75, 3.05) is 23.3 Å². The van der Waals surface area contributed by atoms with E-state index in [4.69, 9.17) is 0 Å². The Morgan fingerprint density at radius 2 is 2.00 bits per heavy atom. The molecular weight excluding hydrogens is 214 g/mol. The zero-order chi connectivity index (χ0) is 12.8. The second kappa shape index (κ2) is 6.23. The molecule has 0 saturated carbocycles. The first-order valence-corrected chi connectivity index (χ1v) is 6.10. The number of anilines is 2. The summed E-state index contributed by atoms with van der Waals surface area (Å²) in [5, 5.41) is 2.82. The van der Waals surface area contributed by atoms with Gasteiger partial charge in [0.15, 0.2) is 0 Å². The van der Waals surface area contributed by atoms with Gasteiger partial charge in [0.1, 0.15) is 5.82 Å². The number of aromatic nitrogens is 1. The third kappa shape index (κ3) is 3.73. The number of nitrogens with zero attached hydrogens (tertiary/aromatic N) is 2. The Labute approximate surface area is 103 Å². The van der Waals surface area contributed by atoms with Crippen molar-refractivity contribution in [2.45, 2.75) is 27.7 Å². The van der Waals surface area contributed by atoms with Crippen LogP contribution in [0, 0.1) is 5.92 Å². The Kier molecular flexibility index (Phi) is 4.94. The van der Waals surface area contributed by atoms with Gasteiger partial charge in [0.2, 0.25) is 5.91 Å². The number of nitrogens with one attached hydrogen (secondary N) is 1. The summed E-state index contributed by atoms with van der Waals surface area (Å²) >= 11 is 0. The second-order valence-electron chi connectivity index (χ2n) is 4.22. The summed E-state index contributed by atoms with van der Waals surface area (Å²) in [7, 11) is 0. The maximum atomic E-state index is 11.5. The van der Waals surface area contributed by atoms with Crippen molar-refractivity contribution in [3.63, 3.8) is 0 Å². The molecule has 0 bridgehead atoms. The van der Waals surface area contributed by atoms with Crippen LogP contribution in [0.1, 0.15) is 27.7 Å². The highest BCUT2D eigenvalue weighted by atomic mass is 16.1. The number of hydrogen-bond donors (Lipinski definition) is 1. The minimum atomic E-state index is -0.0162. The van der Waals surface area contributed by atoms with Crippen LogP contribution in [0.3, 0.4) is 0 Å². The molecular formula is C13H21N3O. The quantitative estimate of drug-likeness (QED) is 0.853. The van der Waals surface area contributed by atoms with E-state index in [1.807, 2.05) is 26.0 Å². The van der Waals surface area contributed by atoms with E-state index in [-0.39, 0.29) is 11.8 Å². The molecule has 0 radical (unpaired) electrons. The van der Waals surface area contributed by atoms with Crippen LogP contribution in [0.2, 0.25) is 0 Å². The Hall–Kier alpha value is -1.58. The van der Waals surface area contributed by atoms with Gasteiger partial charge < -0.3 is 10.2 Å². The van der Waals surface area contributed by atoms with Crippen molar-refractivity contribution < 1.29 is 4.79 Å². The number of rotatable bonds is 5. The standard InChI is InChI=1S/C13H21N3O/c1-5-16(6-2)12-8-7-11(9-14-12)15-13(17)10(3)4/h7-10H,5-6H2,1-4H3,(H,15,17). The molecule has 0 aliphatic rings. The van der Waals surface area contributed by atoms with Crippen molar-refractivity contribution in [1.29, 1.82) is 0 Å². The lowest BCUT2D eigenvalue weighted by Gasteiger charge is -2.19. The van der Waals surface area contributed by atoms with Crippen LogP contribution < -0.4 is 10.2 Å². The van der Waals surface area contributed by atoms with Gasteiger partial charge in [-0.1, -0.05) is 13.8 Å². The average Bonchev–Trinajstić information content (AvgIpc) is 2.32. The van der Waals surface area contributed by atoms with Gasteiger partial charge in [-0.3, -0.25) is 4.79 Å². The van der Waals surface area contributed by atoms with E-state index >= 15 is 0 Å². The molecule has 94 valence electrons. The Morgan fingerprint density at radius 1 is 1.35 bits per heavy atom. The molecule has 0 saturated heterocycles. The molecule has 1 amide bonds. The van der Waals surface area contributed by atoms with E-state index in [2.05, 4.69) is 29.0 Å². The maximum Gasteiger partial charge on any atom is 0.226 e. The Morgan fingerprint density at radius 3 is 2.41 bits per heavy atom. The van der Waals surface area contributed by atoms with Gasteiger partial charge in [0.05, 0.1) is 11.9 Å². The largest absolute Gasteiger partial charge is 0.357 e. The van der Waals surface area contributed by atoms with Gasteiger partial charge in [0.25, 0.3) is 0 Å². The van der Waals surface area contributed by atoms with Crippen LogP contribution in [0.15, 0.2) is 18.3 Å². The van der Waals surface area contributed by atoms with E-state index in [0.29, 0.717) is 0 Å². The SMILES string of the molecule is CCN(CC)c1ccc(NC(=O)C(C)C)cn1. The summed E-state index contributed by atoms with van der Waals surface area (Å²) in [4.78, 5) is 18.0. The van der Waals surface area contributed by atoms with Gasteiger partial charge in [-0.15, -0.1) is 0 Å². The predicted octanol–water partition coefficient (Wildman–Crippen LogP) is 2.52. The minimum Gasteiger partial charge on any atom is -0.357 e. The van der Waals surface area contributed by atoms with Crippen LogP contribution in [0.5, 0.6) is 0 Å². The fourth-order valence-corrected chi connectivity index (χ4v) is 1.48. The van der Waals surface area contributed by atoms with Gasteiger partial charge in [-0.25, -0.2) is 4.98 Å². The van der Waals surface area contributed by atoms with Gasteiger partial charge in [-0.2, -0.15) is 0 Å². The van der Waals surface area contributed by atoms with E-state index in [1.165, 1.54) is 0 Å². The first-order valence-electron chi connectivity index (χ1n) is 6.10. The van der Waals surface area contributed by atoms with E-state index in [9.17, 15) is 4.79 Å². The predicted molar refractivity (Wildman–Crippen MR) is 71.3 cm³/mol. The molecule has 4 nitrogen and oxygen atoms in total. The molecule has 0 aromatic carbocycles. The lowest BCUT2D eigenvalue weighted by atomic mass is 10.2. The highest BCUT2D eigenvalue weighted by Crippen LogP contribution is 2.14. The first kappa shape index (κ1) is 13.5. The van der Waals surface area contributed by atoms with Crippen molar-refractivity contribution in [3.05, 3.63) is 18.3 Å². The van der Waals surface area contributed by atoms with Gasteiger partial charge in [0, 0.05) is 19.0 Å². The molecule has 0 aliphatic carbocycles. The minimum absolute atomic E-state index is 0.0161. The lowest BCUT2D eigenvalue weighted by Crippen LogP contribution is -2.23. The van der Waals surface area contributed by atoms with Crippen LogP contribution >= 0.6 is 0 Å². The van der Waals surface area contributed by atoms with Crippen molar-refractivity contribution in [1.82, 2.24) is 4.98 Å². The molecule has 0 unspecified atom stereocenters. The van der Waals surface area contributed by atoms with Crippen LogP contribution in [0.4, 0.5) is 11.5 Å². The smallest absolute Gasteiger partial charge is 0.226 e. The fourth-order valence-electron chi connectivity index (χ4n) is 1.48. The summed E-state index contributed by atoms with van der Waals surface area (Å²) in [6.07, 6.45) is 1.70. The van der Waals surface area contributed by atoms with Crippen molar-refractivity contribution >= 4 is 17.4 Å². The maximum absolute atomic E-state index is 11.5. The van der Waals surface area contributed by atoms with Crippen molar-refractivity contribution in [3.8, 4) is 0 Å². The topological polar surface area (TPSA) is 45.2 Å². The van der Waals surface area contributed by atoms with Crippen LogP contribution in [-0.2, 0) is 4.79 Å². The zero-order valence-electron chi connectivity index (χ0n) is 11.0. The molecule has 0 spiro atoms. The summed E-state index contributed by atoms with van der Waals surface area (Å²) in [6, 6.07) is 3.82. The summed E-state index contributed by atoms with van der Waals surface area (Å²) in [5.74, 6) is 0.942. The lowest BCUT2D eigenvalue weighted by molar-refractivity contribution is -0.118. The van der Waals surface area contributed by atoms with Crippen LogP contribution in [-0.4, -0.2) is 24.0 Å². The number of amides is 1. The number of pyridine rings is 1. The normalized spacial score (nSPS) is 10.4. The monoisotopic (exact) mass is 235 g/mol. The molecule has 1 heterocycles. The average molecular weight is 235 g/mol. The molecule has 1 aromatic rings. The Balaban J connectivity index is 2.71. The molecule has 0 aliphatic heterocycles. The zero-order valence-corrected chi connectivity index (χ0v) is 11.0. The molecule has 4 heteroatoms. The van der Waals surface area contributed by atoms with Crippen LogP contribution in [0.25, 0.3) is 0 Å². The third-order valence-electron chi connectivity index (χ3n) is 2.63. The summed E-state index contributed by atoms with van der Waals surface area (Å²) in [5.41, 5.74) is 0.750. The van der Waals surface area contributed by atoms with E-state index in [0.717, 1.165) is 24.6 Å². The van der Waals surface area contributed by atoms with E-state index < -0.39 is 0 Å². The Bertz CT molecular complexity index is 355. The third-order valence-corrected chi connectivity index (χ3v) is 2.63. The van der Waals surface area contributed by atoms with Gasteiger partial charge in [-0.05, 0) is 26.0 Å². The highest BCUT2D eigenvalue weighted by Gasteiger charge is 2.08. The van der Waals surface area contributed by atoms with E-state index in [1.54, 1.807) is 6.20 Å². The second-order valence-corrected chi connectivity index (χ2v) is 4.22. The number of carbonyl (C=O) groups is 1. The molecule has 1 rings (SSSR count). The summed E-state index contributed by atoms with van der Waals surface area (Å²) in [6.45, 7) is 9.79. The molecule has 1 aromatic heterocycles. The molecule has 0 atom stereocenters. The van der Waals surface area contributed by atoms with Crippen molar-refractivity contribution in [2.24, 2.45) is 5.92 Å².